The lowest BCUT2D eigenvalue weighted by Gasteiger charge is -2.34. The number of rotatable bonds is 8. The zero-order valence-electron chi connectivity index (χ0n) is 17.4. The highest BCUT2D eigenvalue weighted by molar-refractivity contribution is 5.87. The van der Waals surface area contributed by atoms with Crippen molar-refractivity contribution in [2.75, 3.05) is 26.2 Å². The third kappa shape index (κ3) is 6.76. The molecule has 1 fully saturated rings. The molecule has 162 valence electrons. The lowest BCUT2D eigenvalue weighted by Crippen LogP contribution is -2.41. The second-order valence-corrected chi connectivity index (χ2v) is 8.31. The van der Waals surface area contributed by atoms with Gasteiger partial charge in [-0.3, -0.25) is 0 Å². The fourth-order valence-electron chi connectivity index (χ4n) is 3.51. The van der Waals surface area contributed by atoms with Crippen molar-refractivity contribution in [2.45, 2.75) is 39.0 Å². The first-order valence-electron chi connectivity index (χ1n) is 10.2. The highest BCUT2D eigenvalue weighted by Gasteiger charge is 2.25. The van der Waals surface area contributed by atoms with Crippen molar-refractivity contribution >= 4 is 5.97 Å². The molecule has 0 radical (unpaired) electrons. The normalized spacial score (nSPS) is 15.7. The van der Waals surface area contributed by atoms with Gasteiger partial charge >= 0.3 is 5.97 Å². The van der Waals surface area contributed by atoms with E-state index in [1.54, 1.807) is 44.2 Å². The molecule has 1 aromatic heterocycles. The van der Waals surface area contributed by atoms with E-state index >= 15 is 0 Å². The highest BCUT2D eigenvalue weighted by Crippen LogP contribution is 2.24. The van der Waals surface area contributed by atoms with E-state index in [4.69, 9.17) is 9.47 Å². The SMILES string of the molecule is CC(C)(F)CN1CCC(COc2ccc(COC(=O)c3ccccn3)cc2F)CC1. The van der Waals surface area contributed by atoms with Crippen LogP contribution >= 0.6 is 0 Å². The number of carbonyl (C=O) groups excluding carboxylic acids is 1. The zero-order chi connectivity index (χ0) is 21.6. The molecule has 1 aliphatic rings. The van der Waals surface area contributed by atoms with Crippen LogP contribution in [0.2, 0.25) is 0 Å². The predicted molar refractivity (Wildman–Crippen MR) is 110 cm³/mol. The Labute approximate surface area is 176 Å². The standard InChI is InChI=1S/C23H28F2N2O3/c1-23(2,25)16-27-11-8-17(9-12-27)14-29-21-7-6-18(13-19(21)24)15-30-22(28)20-5-3-4-10-26-20/h3-7,10,13,17H,8-9,11-12,14-16H2,1-2H3. The molecule has 1 saturated heterocycles. The Kier molecular flexibility index (Phi) is 7.37. The number of pyridine rings is 1. The van der Waals surface area contributed by atoms with Gasteiger partial charge in [-0.25, -0.2) is 18.6 Å². The third-order valence-corrected chi connectivity index (χ3v) is 5.02. The Morgan fingerprint density at radius 3 is 2.63 bits per heavy atom. The van der Waals surface area contributed by atoms with Crippen molar-refractivity contribution in [3.8, 4) is 5.75 Å². The Morgan fingerprint density at radius 1 is 1.23 bits per heavy atom. The van der Waals surface area contributed by atoms with Gasteiger partial charge in [0.1, 0.15) is 18.0 Å². The number of hydrogen-bond acceptors (Lipinski definition) is 5. The maximum atomic E-state index is 14.4. The predicted octanol–water partition coefficient (Wildman–Crippen LogP) is 4.42. The fourth-order valence-corrected chi connectivity index (χ4v) is 3.51. The minimum atomic E-state index is -1.19. The molecule has 7 heteroatoms. The van der Waals surface area contributed by atoms with Gasteiger partial charge in [-0.05, 0) is 75.5 Å². The number of likely N-dealkylation sites (tertiary alicyclic amines) is 1. The summed E-state index contributed by atoms with van der Waals surface area (Å²) < 4.78 is 39.0. The number of halogens is 2. The highest BCUT2D eigenvalue weighted by atomic mass is 19.1. The first kappa shape index (κ1) is 22.2. The van der Waals surface area contributed by atoms with Gasteiger partial charge < -0.3 is 14.4 Å². The monoisotopic (exact) mass is 418 g/mol. The smallest absolute Gasteiger partial charge is 0.357 e. The van der Waals surface area contributed by atoms with Crippen molar-refractivity contribution < 1.29 is 23.0 Å². The lowest BCUT2D eigenvalue weighted by molar-refractivity contribution is 0.0465. The van der Waals surface area contributed by atoms with E-state index < -0.39 is 17.5 Å². The number of alkyl halides is 1. The van der Waals surface area contributed by atoms with Crippen LogP contribution in [0, 0.1) is 11.7 Å². The van der Waals surface area contributed by atoms with Crippen molar-refractivity contribution in [3.05, 3.63) is 59.7 Å². The largest absolute Gasteiger partial charge is 0.490 e. The molecule has 2 heterocycles. The van der Waals surface area contributed by atoms with Gasteiger partial charge in [0.15, 0.2) is 11.6 Å². The molecule has 0 bridgehead atoms. The number of hydrogen-bond donors (Lipinski definition) is 0. The van der Waals surface area contributed by atoms with Gasteiger partial charge in [0.05, 0.1) is 6.61 Å². The molecule has 0 amide bonds. The van der Waals surface area contributed by atoms with Crippen LogP contribution in [0.5, 0.6) is 5.75 Å². The van der Waals surface area contributed by atoms with E-state index in [-0.39, 0.29) is 18.1 Å². The molecule has 5 nitrogen and oxygen atoms in total. The molecular weight excluding hydrogens is 390 g/mol. The summed E-state index contributed by atoms with van der Waals surface area (Å²) in [5, 5.41) is 0. The number of esters is 1. The summed E-state index contributed by atoms with van der Waals surface area (Å²) in [7, 11) is 0. The van der Waals surface area contributed by atoms with Crippen LogP contribution in [-0.4, -0.2) is 47.8 Å². The maximum Gasteiger partial charge on any atom is 0.357 e. The molecule has 0 spiro atoms. The first-order chi connectivity index (χ1) is 14.3. The summed E-state index contributed by atoms with van der Waals surface area (Å²) in [6, 6.07) is 9.51. The van der Waals surface area contributed by atoms with Crippen LogP contribution in [0.4, 0.5) is 8.78 Å². The van der Waals surface area contributed by atoms with Gasteiger partial charge in [0, 0.05) is 12.7 Å². The lowest BCUT2D eigenvalue weighted by atomic mass is 9.97. The van der Waals surface area contributed by atoms with Gasteiger partial charge in [-0.1, -0.05) is 12.1 Å². The molecular formula is C23H28F2N2O3. The van der Waals surface area contributed by atoms with E-state index in [0.29, 0.717) is 24.6 Å². The Morgan fingerprint density at radius 2 is 2.00 bits per heavy atom. The summed E-state index contributed by atoms with van der Waals surface area (Å²) in [5.41, 5.74) is -0.453. The van der Waals surface area contributed by atoms with Gasteiger partial charge in [-0.2, -0.15) is 0 Å². The molecule has 1 aliphatic heterocycles. The van der Waals surface area contributed by atoms with E-state index in [9.17, 15) is 13.6 Å². The molecule has 0 saturated carbocycles. The second-order valence-electron chi connectivity index (χ2n) is 8.31. The van der Waals surface area contributed by atoms with Crippen molar-refractivity contribution in [3.63, 3.8) is 0 Å². The summed E-state index contributed by atoms with van der Waals surface area (Å²) in [5.74, 6) is -0.540. The third-order valence-electron chi connectivity index (χ3n) is 5.02. The first-order valence-corrected chi connectivity index (χ1v) is 10.2. The minimum Gasteiger partial charge on any atom is -0.490 e. The van der Waals surface area contributed by atoms with Crippen molar-refractivity contribution in [2.24, 2.45) is 5.92 Å². The van der Waals surface area contributed by atoms with E-state index in [1.165, 1.54) is 12.3 Å². The van der Waals surface area contributed by atoms with Gasteiger partial charge in [-0.15, -0.1) is 0 Å². The number of benzene rings is 1. The van der Waals surface area contributed by atoms with Crippen molar-refractivity contribution in [1.29, 1.82) is 0 Å². The molecule has 30 heavy (non-hydrogen) atoms. The average Bonchev–Trinajstić information content (AvgIpc) is 2.72. The van der Waals surface area contributed by atoms with Crippen LogP contribution in [0.1, 0.15) is 42.7 Å². The summed E-state index contributed by atoms with van der Waals surface area (Å²) in [6.45, 7) is 5.65. The molecule has 0 atom stereocenters. The number of carbonyl (C=O) groups is 1. The van der Waals surface area contributed by atoms with Crippen LogP contribution in [0.25, 0.3) is 0 Å². The van der Waals surface area contributed by atoms with Crippen LogP contribution < -0.4 is 4.74 Å². The minimum absolute atomic E-state index is 0.0456. The zero-order valence-corrected chi connectivity index (χ0v) is 17.4. The molecule has 0 unspecified atom stereocenters. The van der Waals surface area contributed by atoms with Crippen molar-refractivity contribution in [1.82, 2.24) is 9.88 Å². The number of piperidine rings is 1. The number of aromatic nitrogens is 1. The van der Waals surface area contributed by atoms with Crippen LogP contribution in [0.3, 0.4) is 0 Å². The Hall–Kier alpha value is -2.54. The molecule has 0 aliphatic carbocycles. The second kappa shape index (κ2) is 9.98. The number of nitrogens with zero attached hydrogens (tertiary/aromatic N) is 2. The molecule has 2 aromatic rings. The summed E-state index contributed by atoms with van der Waals surface area (Å²) in [4.78, 5) is 18.0. The topological polar surface area (TPSA) is 51.7 Å². The van der Waals surface area contributed by atoms with E-state index in [0.717, 1.165) is 25.9 Å². The van der Waals surface area contributed by atoms with Gasteiger partial charge in [0.25, 0.3) is 0 Å². The fraction of sp³-hybridized carbons (Fsp3) is 0.478. The quantitative estimate of drug-likeness (QED) is 0.594. The molecule has 0 N–H and O–H groups in total. The van der Waals surface area contributed by atoms with Crippen LogP contribution in [-0.2, 0) is 11.3 Å². The van der Waals surface area contributed by atoms with Crippen LogP contribution in [0.15, 0.2) is 42.6 Å². The molecule has 1 aromatic carbocycles. The summed E-state index contributed by atoms with van der Waals surface area (Å²) >= 11 is 0. The maximum absolute atomic E-state index is 14.4. The Bertz CT molecular complexity index is 832. The number of ether oxygens (including phenoxy) is 2. The van der Waals surface area contributed by atoms with E-state index in [1.807, 2.05) is 0 Å². The molecule has 3 rings (SSSR count). The summed E-state index contributed by atoms with van der Waals surface area (Å²) in [6.07, 6.45) is 3.31. The van der Waals surface area contributed by atoms with Gasteiger partial charge in [0.2, 0.25) is 0 Å². The Balaban J connectivity index is 1.44. The average molecular weight is 418 g/mol. The van der Waals surface area contributed by atoms with E-state index in [2.05, 4.69) is 9.88 Å².